The molecule has 0 aliphatic rings. The van der Waals surface area contributed by atoms with Crippen molar-refractivity contribution in [3.8, 4) is 17.1 Å². The van der Waals surface area contributed by atoms with Gasteiger partial charge in [-0.1, -0.05) is 70.9 Å². The van der Waals surface area contributed by atoms with Crippen molar-refractivity contribution >= 4 is 0 Å². The first kappa shape index (κ1) is 21.5. The average Bonchev–Trinajstić information content (AvgIpc) is 3.16. The second-order valence-electron chi connectivity index (χ2n) is 7.60. The Kier molecular flexibility index (Phi) is 9.37. The summed E-state index contributed by atoms with van der Waals surface area (Å²) in [6.07, 6.45) is 11.1. The fraction of sp³-hybridized carbons (Fsp3) is 0.652. The number of hydrogen-bond acceptors (Lipinski definition) is 4. The van der Waals surface area contributed by atoms with E-state index >= 15 is 0 Å². The van der Waals surface area contributed by atoms with Gasteiger partial charge in [0.15, 0.2) is 0 Å². The third kappa shape index (κ3) is 7.00. The molecule has 4 nitrogen and oxygen atoms in total. The molecule has 150 valence electrons. The van der Waals surface area contributed by atoms with Crippen LogP contribution in [0.3, 0.4) is 0 Å². The Bertz CT molecular complexity index is 666. The maximum Gasteiger partial charge on any atom is 0.229 e. The molecular weight excluding hydrogens is 336 g/mol. The minimum absolute atomic E-state index is 0.312. The van der Waals surface area contributed by atoms with Crippen LogP contribution in [0.4, 0.5) is 0 Å². The predicted octanol–water partition coefficient (Wildman–Crippen LogP) is 7.08. The molecule has 1 atom stereocenters. The van der Waals surface area contributed by atoms with E-state index in [0.29, 0.717) is 11.7 Å². The van der Waals surface area contributed by atoms with Crippen LogP contribution in [0.25, 0.3) is 11.4 Å². The zero-order valence-corrected chi connectivity index (χ0v) is 17.6. The number of rotatable bonds is 13. The first-order valence-corrected chi connectivity index (χ1v) is 10.7. The Balaban J connectivity index is 1.86. The zero-order chi connectivity index (χ0) is 19.5. The van der Waals surface area contributed by atoms with E-state index in [4.69, 9.17) is 9.26 Å². The Morgan fingerprint density at radius 3 is 2.48 bits per heavy atom. The molecule has 0 aliphatic heterocycles. The average molecular weight is 373 g/mol. The van der Waals surface area contributed by atoms with E-state index in [9.17, 15) is 0 Å². The number of unbranched alkanes of at least 4 members (excludes halogenated alkanes) is 6. The molecule has 0 radical (unpaired) electrons. The van der Waals surface area contributed by atoms with Crippen LogP contribution < -0.4 is 4.74 Å². The minimum Gasteiger partial charge on any atom is -0.493 e. The van der Waals surface area contributed by atoms with E-state index in [1.165, 1.54) is 44.9 Å². The highest BCUT2D eigenvalue weighted by molar-refractivity contribution is 5.58. The van der Waals surface area contributed by atoms with Crippen molar-refractivity contribution in [2.45, 2.75) is 91.4 Å². The number of ether oxygens (including phenoxy) is 1. The highest BCUT2D eigenvalue weighted by Gasteiger charge is 2.15. The highest BCUT2D eigenvalue weighted by Crippen LogP contribution is 2.27. The van der Waals surface area contributed by atoms with Crippen LogP contribution in [-0.4, -0.2) is 16.7 Å². The molecule has 0 fully saturated rings. The molecule has 0 saturated carbocycles. The van der Waals surface area contributed by atoms with Gasteiger partial charge in [0, 0.05) is 11.5 Å². The largest absolute Gasteiger partial charge is 0.493 e. The Labute approximate surface area is 164 Å². The van der Waals surface area contributed by atoms with E-state index in [0.717, 1.165) is 42.2 Å². The first-order chi connectivity index (χ1) is 13.2. The normalized spacial score (nSPS) is 12.3. The molecule has 0 N–H and O–H groups in total. The van der Waals surface area contributed by atoms with Crippen LogP contribution in [-0.2, 0) is 0 Å². The fourth-order valence-corrected chi connectivity index (χ4v) is 3.20. The van der Waals surface area contributed by atoms with E-state index in [2.05, 4.69) is 43.9 Å². The second kappa shape index (κ2) is 11.8. The molecule has 1 heterocycles. The molecule has 0 unspecified atom stereocenters. The van der Waals surface area contributed by atoms with Crippen molar-refractivity contribution in [2.24, 2.45) is 0 Å². The summed E-state index contributed by atoms with van der Waals surface area (Å²) in [4.78, 5) is 4.60. The summed E-state index contributed by atoms with van der Waals surface area (Å²) in [6, 6.07) is 6.13. The number of hydrogen-bond donors (Lipinski definition) is 0. The zero-order valence-electron chi connectivity index (χ0n) is 17.6. The van der Waals surface area contributed by atoms with Gasteiger partial charge in [0.25, 0.3) is 0 Å². The molecule has 27 heavy (non-hydrogen) atoms. The highest BCUT2D eigenvalue weighted by atomic mass is 16.5. The Morgan fingerprint density at radius 2 is 1.74 bits per heavy atom. The van der Waals surface area contributed by atoms with Crippen molar-refractivity contribution in [2.75, 3.05) is 6.61 Å². The predicted molar refractivity (Wildman–Crippen MR) is 111 cm³/mol. The SMILES string of the molecule is CCCCCCCCOc1ccc(-c2noc([C@@H](C)CCCC)n2)cc1C. The molecule has 2 rings (SSSR count). The second-order valence-corrected chi connectivity index (χ2v) is 7.60. The summed E-state index contributed by atoms with van der Waals surface area (Å²) >= 11 is 0. The molecule has 0 amide bonds. The van der Waals surface area contributed by atoms with Gasteiger partial charge in [0.05, 0.1) is 6.61 Å². The van der Waals surface area contributed by atoms with Gasteiger partial charge in [-0.2, -0.15) is 4.98 Å². The summed E-state index contributed by atoms with van der Waals surface area (Å²) in [5.74, 6) is 2.66. The summed E-state index contributed by atoms with van der Waals surface area (Å²) in [5.41, 5.74) is 2.10. The topological polar surface area (TPSA) is 48.2 Å². The molecule has 1 aromatic heterocycles. The summed E-state index contributed by atoms with van der Waals surface area (Å²) < 4.78 is 11.4. The number of benzene rings is 1. The third-order valence-corrected chi connectivity index (χ3v) is 5.04. The lowest BCUT2D eigenvalue weighted by Crippen LogP contribution is -1.99. The Hall–Kier alpha value is -1.84. The summed E-state index contributed by atoms with van der Waals surface area (Å²) in [6.45, 7) is 9.46. The van der Waals surface area contributed by atoms with Crippen molar-refractivity contribution < 1.29 is 9.26 Å². The van der Waals surface area contributed by atoms with Gasteiger partial charge < -0.3 is 9.26 Å². The molecule has 0 saturated heterocycles. The van der Waals surface area contributed by atoms with Gasteiger partial charge in [-0.05, 0) is 43.5 Å². The lowest BCUT2D eigenvalue weighted by atomic mass is 10.0. The van der Waals surface area contributed by atoms with Crippen LogP contribution in [0.1, 0.15) is 95.9 Å². The molecular formula is C23H36N2O2. The van der Waals surface area contributed by atoms with Gasteiger partial charge in [0.1, 0.15) is 5.75 Å². The van der Waals surface area contributed by atoms with E-state index in [1.807, 2.05) is 12.1 Å². The van der Waals surface area contributed by atoms with Crippen LogP contribution in [0.15, 0.2) is 22.7 Å². The van der Waals surface area contributed by atoms with Gasteiger partial charge >= 0.3 is 0 Å². The van der Waals surface area contributed by atoms with Crippen molar-refractivity contribution in [3.63, 3.8) is 0 Å². The van der Waals surface area contributed by atoms with Gasteiger partial charge in [-0.3, -0.25) is 0 Å². The number of nitrogens with zero attached hydrogens (tertiary/aromatic N) is 2. The van der Waals surface area contributed by atoms with E-state index in [-0.39, 0.29) is 0 Å². The molecule has 0 bridgehead atoms. The molecule has 2 aromatic rings. The summed E-state index contributed by atoms with van der Waals surface area (Å²) in [5, 5.41) is 4.17. The quantitative estimate of drug-likeness (QED) is 0.352. The standard InChI is InChI=1S/C23H36N2O2/c1-5-7-9-10-11-12-16-26-21-15-14-20(17-19(21)4)22-24-23(27-25-22)18(3)13-8-6-2/h14-15,17-18H,5-13,16H2,1-4H3/t18-/m0/s1. The van der Waals surface area contributed by atoms with Crippen LogP contribution in [0.5, 0.6) is 5.75 Å². The van der Waals surface area contributed by atoms with Crippen molar-refractivity contribution in [3.05, 3.63) is 29.7 Å². The molecule has 4 heteroatoms. The first-order valence-electron chi connectivity index (χ1n) is 10.7. The van der Waals surface area contributed by atoms with Crippen LogP contribution in [0, 0.1) is 6.92 Å². The summed E-state index contributed by atoms with van der Waals surface area (Å²) in [7, 11) is 0. The van der Waals surface area contributed by atoms with Crippen molar-refractivity contribution in [1.82, 2.24) is 10.1 Å². The number of aromatic nitrogens is 2. The van der Waals surface area contributed by atoms with Crippen LogP contribution >= 0.6 is 0 Å². The van der Waals surface area contributed by atoms with E-state index in [1.54, 1.807) is 0 Å². The smallest absolute Gasteiger partial charge is 0.229 e. The maximum atomic E-state index is 5.96. The maximum absolute atomic E-state index is 5.96. The van der Waals surface area contributed by atoms with Gasteiger partial charge in [0.2, 0.25) is 11.7 Å². The van der Waals surface area contributed by atoms with E-state index < -0.39 is 0 Å². The fourth-order valence-electron chi connectivity index (χ4n) is 3.20. The van der Waals surface area contributed by atoms with Gasteiger partial charge in [-0.25, -0.2) is 0 Å². The van der Waals surface area contributed by atoms with Gasteiger partial charge in [-0.15, -0.1) is 0 Å². The van der Waals surface area contributed by atoms with Crippen LogP contribution in [0.2, 0.25) is 0 Å². The van der Waals surface area contributed by atoms with Crippen molar-refractivity contribution in [1.29, 1.82) is 0 Å². The molecule has 1 aromatic carbocycles. The molecule has 0 aliphatic carbocycles. The monoisotopic (exact) mass is 372 g/mol. The third-order valence-electron chi connectivity index (χ3n) is 5.04. The number of aryl methyl sites for hydroxylation is 1. The Morgan fingerprint density at radius 1 is 1.00 bits per heavy atom. The lowest BCUT2D eigenvalue weighted by molar-refractivity contribution is 0.302. The minimum atomic E-state index is 0.312. The molecule has 0 spiro atoms. The lowest BCUT2D eigenvalue weighted by Gasteiger charge is -2.10.